The molecule has 0 N–H and O–H groups in total. The largest absolute Gasteiger partial charge is 0.326 e. The molecule has 0 aromatic carbocycles. The van der Waals surface area contributed by atoms with Crippen LogP contribution in [0.2, 0.25) is 15.8 Å². The van der Waals surface area contributed by atoms with Gasteiger partial charge in [0.25, 0.3) is 20.1 Å². The van der Waals surface area contributed by atoms with Crippen molar-refractivity contribution in [2.45, 2.75) is 61.9 Å². The summed E-state index contributed by atoms with van der Waals surface area (Å²) in [5.41, 5.74) is 0.0855. The molecule has 2 unspecified atom stereocenters. The Hall–Kier alpha value is 0.412. The van der Waals surface area contributed by atoms with Gasteiger partial charge in [-0.3, -0.25) is 0 Å². The minimum atomic E-state index is -0.679. The maximum absolute atomic E-state index is 6.02. The Balaban J connectivity index is 1.57. The normalized spacial score (nSPS) is 44.0. The van der Waals surface area contributed by atoms with Gasteiger partial charge in [-0.2, -0.15) is 0 Å². The molecule has 0 aromatic rings. The highest BCUT2D eigenvalue weighted by Gasteiger charge is 2.56. The summed E-state index contributed by atoms with van der Waals surface area (Å²) in [6.07, 6.45) is 3.82. The standard InChI is InChI=1S/C12H19O3.2C2H5.Al/c1-9-3-4-10(5-9)12-13-6-11(2,7-14-12)8-15-12;2*1-2;/h9-10H,1,3-8H2,2H3;2*1H2,2H3;. The van der Waals surface area contributed by atoms with E-state index in [4.69, 9.17) is 14.2 Å². The van der Waals surface area contributed by atoms with Gasteiger partial charge in [0.1, 0.15) is 0 Å². The topological polar surface area (TPSA) is 27.7 Å². The van der Waals surface area contributed by atoms with Crippen molar-refractivity contribution in [2.75, 3.05) is 19.8 Å². The average molecular weight is 296 g/mol. The maximum Gasteiger partial charge on any atom is 0.285 e. The highest BCUT2D eigenvalue weighted by molar-refractivity contribution is 6.58. The molecular weight excluding hydrogens is 267 g/mol. The Morgan fingerprint density at radius 1 is 1.00 bits per heavy atom. The van der Waals surface area contributed by atoms with E-state index in [-0.39, 0.29) is 5.41 Å². The van der Waals surface area contributed by atoms with Crippen molar-refractivity contribution in [1.82, 2.24) is 0 Å². The number of ether oxygens (including phenoxy) is 3. The summed E-state index contributed by atoms with van der Waals surface area (Å²) in [6.45, 7) is 9.35. The molecule has 3 heterocycles. The van der Waals surface area contributed by atoms with Gasteiger partial charge in [-0.1, -0.05) is 49.0 Å². The second-order valence-electron chi connectivity index (χ2n) is 7.57. The predicted molar refractivity (Wildman–Crippen MR) is 81.0 cm³/mol. The average Bonchev–Trinajstić information content (AvgIpc) is 2.95. The Kier molecular flexibility index (Phi) is 4.51. The molecule has 2 atom stereocenters. The maximum atomic E-state index is 6.02. The molecule has 4 heteroatoms. The molecule has 0 aromatic heterocycles. The van der Waals surface area contributed by atoms with E-state index in [0.717, 1.165) is 25.7 Å². The predicted octanol–water partition coefficient (Wildman–Crippen LogP) is 3.67. The van der Waals surface area contributed by atoms with E-state index in [2.05, 4.69) is 20.8 Å². The van der Waals surface area contributed by atoms with E-state index in [9.17, 15) is 0 Å². The molecule has 20 heavy (non-hydrogen) atoms. The van der Waals surface area contributed by atoms with Crippen LogP contribution < -0.4 is 0 Å². The summed E-state index contributed by atoms with van der Waals surface area (Å²) in [6, 6.07) is 0. The van der Waals surface area contributed by atoms with Gasteiger partial charge in [-0.25, -0.2) is 0 Å². The molecule has 2 bridgehead atoms. The van der Waals surface area contributed by atoms with E-state index in [1.54, 1.807) is 0 Å². The van der Waals surface area contributed by atoms with Crippen LogP contribution in [0.25, 0.3) is 0 Å². The van der Waals surface area contributed by atoms with Gasteiger partial charge < -0.3 is 14.2 Å². The molecule has 4 rings (SSSR count). The number of hydrogen-bond donors (Lipinski definition) is 0. The number of rotatable bonds is 5. The molecule has 3 nitrogen and oxygen atoms in total. The molecule has 0 amide bonds. The van der Waals surface area contributed by atoms with Crippen molar-refractivity contribution in [1.29, 1.82) is 0 Å². The Morgan fingerprint density at radius 3 is 2.15 bits per heavy atom. The van der Waals surface area contributed by atoms with Crippen molar-refractivity contribution in [3.8, 4) is 0 Å². The zero-order valence-electron chi connectivity index (χ0n) is 13.3. The van der Waals surface area contributed by atoms with Crippen LogP contribution >= 0.6 is 0 Å². The fourth-order valence-corrected chi connectivity index (χ4v) is 6.75. The second kappa shape index (κ2) is 5.90. The fraction of sp³-hybridized carbons (Fsp3) is 1.00. The first-order valence-corrected chi connectivity index (χ1v) is 11.0. The first-order chi connectivity index (χ1) is 9.59. The molecule has 0 spiro atoms. The van der Waals surface area contributed by atoms with Crippen molar-refractivity contribution in [2.24, 2.45) is 17.3 Å². The van der Waals surface area contributed by atoms with Gasteiger partial charge in [0, 0.05) is 11.3 Å². The lowest BCUT2D eigenvalue weighted by molar-refractivity contribution is -0.483. The smallest absolute Gasteiger partial charge is 0.285 e. The lowest BCUT2D eigenvalue weighted by atomic mass is 9.89. The summed E-state index contributed by atoms with van der Waals surface area (Å²) in [5, 5.41) is 4.41. The Bertz CT molecular complexity index is 318. The van der Waals surface area contributed by atoms with Crippen LogP contribution in [0.15, 0.2) is 0 Å². The quantitative estimate of drug-likeness (QED) is 0.724. The number of hydrogen-bond acceptors (Lipinski definition) is 3. The van der Waals surface area contributed by atoms with Crippen LogP contribution in [0.3, 0.4) is 0 Å². The van der Waals surface area contributed by atoms with Crippen molar-refractivity contribution < 1.29 is 14.2 Å². The molecule has 114 valence electrons. The van der Waals surface area contributed by atoms with Crippen LogP contribution in [-0.4, -0.2) is 39.9 Å². The van der Waals surface area contributed by atoms with Gasteiger partial charge in [-0.05, 0) is 12.8 Å². The molecule has 1 saturated carbocycles. The summed E-state index contributed by atoms with van der Waals surface area (Å²) >= 11 is -0.470. The van der Waals surface area contributed by atoms with Gasteiger partial charge in [0.2, 0.25) is 0 Å². The third-order valence-electron chi connectivity index (χ3n) is 5.73. The Morgan fingerprint density at radius 2 is 1.60 bits per heavy atom. The van der Waals surface area contributed by atoms with Gasteiger partial charge in [-0.15, -0.1) is 0 Å². The highest BCUT2D eigenvalue weighted by atomic mass is 27.2. The van der Waals surface area contributed by atoms with Crippen LogP contribution in [-0.2, 0) is 14.2 Å². The van der Waals surface area contributed by atoms with Crippen molar-refractivity contribution in [3.05, 3.63) is 0 Å². The minimum Gasteiger partial charge on any atom is -0.326 e. The SMILES string of the molecule is C[CH2][Al]([CH2]C)[CH2]C1CCC(C23OCC(C)(CO2)CO3)C1. The molecule has 3 saturated heterocycles. The van der Waals surface area contributed by atoms with Crippen LogP contribution in [0.5, 0.6) is 0 Å². The number of fused-ring (bicyclic) bond motifs is 3. The van der Waals surface area contributed by atoms with E-state index in [1.807, 2.05) is 0 Å². The monoisotopic (exact) mass is 296 g/mol. The van der Waals surface area contributed by atoms with Gasteiger partial charge in [0.05, 0.1) is 19.8 Å². The zero-order valence-corrected chi connectivity index (χ0v) is 14.5. The van der Waals surface area contributed by atoms with Crippen LogP contribution in [0, 0.1) is 17.3 Å². The van der Waals surface area contributed by atoms with Crippen molar-refractivity contribution in [3.63, 3.8) is 0 Å². The molecule has 4 aliphatic rings. The third kappa shape index (κ3) is 2.83. The van der Waals surface area contributed by atoms with E-state index < -0.39 is 20.1 Å². The highest BCUT2D eigenvalue weighted by Crippen LogP contribution is 2.49. The van der Waals surface area contributed by atoms with Crippen LogP contribution in [0.1, 0.15) is 40.0 Å². The zero-order chi connectivity index (χ0) is 14.2. The van der Waals surface area contributed by atoms with Gasteiger partial charge >= 0.3 is 0 Å². The minimum absolute atomic E-state index is 0.0855. The van der Waals surface area contributed by atoms with Crippen LogP contribution in [0.4, 0.5) is 0 Å². The fourth-order valence-electron chi connectivity index (χ4n) is 4.13. The van der Waals surface area contributed by atoms with Gasteiger partial charge in [0.15, 0.2) is 0 Å². The second-order valence-corrected chi connectivity index (χ2v) is 11.4. The summed E-state index contributed by atoms with van der Waals surface area (Å²) < 4.78 is 18.1. The van der Waals surface area contributed by atoms with Crippen molar-refractivity contribution >= 4 is 14.1 Å². The lowest BCUT2D eigenvalue weighted by Gasteiger charge is -2.52. The van der Waals surface area contributed by atoms with E-state index in [1.165, 1.54) is 35.1 Å². The molecule has 1 aliphatic carbocycles. The molecule has 0 radical (unpaired) electrons. The summed E-state index contributed by atoms with van der Waals surface area (Å²) in [7, 11) is 0. The van der Waals surface area contributed by atoms with E-state index in [0.29, 0.717) is 5.92 Å². The lowest BCUT2D eigenvalue weighted by Crippen LogP contribution is -2.61. The summed E-state index contributed by atoms with van der Waals surface area (Å²) in [5.74, 6) is 0.680. The van der Waals surface area contributed by atoms with E-state index >= 15 is 0 Å². The molecule has 4 fully saturated rings. The first-order valence-electron chi connectivity index (χ1n) is 8.51. The third-order valence-corrected chi connectivity index (χ3v) is 9.37. The molecule has 3 aliphatic heterocycles. The molecular formula is C16H29AlO3. The Labute approximate surface area is 127 Å². The summed E-state index contributed by atoms with van der Waals surface area (Å²) in [4.78, 5) is 0. The first kappa shape index (κ1) is 15.3.